The van der Waals surface area contributed by atoms with Crippen LogP contribution in [0.3, 0.4) is 0 Å². The minimum Gasteiger partial charge on any atom is -0.481 e. The van der Waals surface area contributed by atoms with Gasteiger partial charge in [-0.05, 0) is 12.8 Å². The van der Waals surface area contributed by atoms with Crippen LogP contribution in [0.2, 0.25) is 0 Å². The summed E-state index contributed by atoms with van der Waals surface area (Å²) < 4.78 is 5.70. The van der Waals surface area contributed by atoms with Gasteiger partial charge in [-0.1, -0.05) is 0 Å². The Balaban J connectivity index is 4.22. The molecule has 0 unspecified atom stereocenters. The molecule has 0 aliphatic heterocycles. The maximum atomic E-state index is 11.5. The number of aliphatic hydroxyl groups excluding tert-OH is 1. The zero-order valence-electron chi connectivity index (χ0n) is 11.4. The molecule has 6 heteroatoms. The molecule has 0 aliphatic carbocycles. The third kappa shape index (κ3) is 10.0. The van der Waals surface area contributed by atoms with Crippen LogP contribution in [0.5, 0.6) is 0 Å². The molecule has 0 rings (SSSR count). The summed E-state index contributed by atoms with van der Waals surface area (Å²) >= 11 is 0. The highest BCUT2D eigenvalue weighted by atomic mass is 16.5. The molecule has 0 aromatic rings. The van der Waals surface area contributed by atoms with Crippen LogP contribution in [0.4, 0.5) is 0 Å². The fourth-order valence-electron chi connectivity index (χ4n) is 1.58. The first kappa shape index (κ1) is 16.9. The highest BCUT2D eigenvalue weighted by molar-refractivity contribution is 5.71. The Hall–Kier alpha value is -1.14. The zero-order chi connectivity index (χ0) is 14.2. The molecule has 6 nitrogen and oxygen atoms in total. The highest BCUT2D eigenvalue weighted by Gasteiger charge is 2.24. The minimum absolute atomic E-state index is 0.0463. The molecule has 2 N–H and O–H groups in total. The second kappa shape index (κ2) is 8.05. The van der Waals surface area contributed by atoms with E-state index < -0.39 is 18.0 Å². The van der Waals surface area contributed by atoms with Gasteiger partial charge in [-0.2, -0.15) is 0 Å². The number of quaternary nitrogens is 1. The predicted molar refractivity (Wildman–Crippen MR) is 66.0 cm³/mol. The minimum atomic E-state index is -0.975. The van der Waals surface area contributed by atoms with Gasteiger partial charge in [-0.3, -0.25) is 9.59 Å². The van der Waals surface area contributed by atoms with Crippen LogP contribution in [0.1, 0.15) is 25.7 Å². The lowest BCUT2D eigenvalue weighted by molar-refractivity contribution is -0.873. The van der Waals surface area contributed by atoms with Gasteiger partial charge in [0.2, 0.25) is 0 Å². The first-order valence-corrected chi connectivity index (χ1v) is 6.07. The zero-order valence-corrected chi connectivity index (χ0v) is 11.4. The molecule has 0 aliphatic rings. The Morgan fingerprint density at radius 2 is 1.83 bits per heavy atom. The van der Waals surface area contributed by atoms with Gasteiger partial charge in [-0.15, -0.1) is 0 Å². The maximum Gasteiger partial charge on any atom is 0.307 e. The van der Waals surface area contributed by atoms with Gasteiger partial charge in [-0.25, -0.2) is 0 Å². The SMILES string of the molecule is C[N+](C)(C)C[C@H](CC(=O)O)OC(=O)CCCCO. The lowest BCUT2D eigenvalue weighted by Crippen LogP contribution is -2.43. The van der Waals surface area contributed by atoms with E-state index in [9.17, 15) is 9.59 Å². The molecule has 0 fully saturated rings. The number of carboxylic acid groups (broad SMARTS) is 1. The number of carbonyl (C=O) groups excluding carboxylic acids is 1. The van der Waals surface area contributed by atoms with Crippen molar-refractivity contribution in [1.82, 2.24) is 0 Å². The smallest absolute Gasteiger partial charge is 0.307 e. The van der Waals surface area contributed by atoms with Crippen molar-refractivity contribution in [3.63, 3.8) is 0 Å². The van der Waals surface area contributed by atoms with Crippen LogP contribution in [0.15, 0.2) is 0 Å². The number of carboxylic acids is 1. The third-order valence-corrected chi connectivity index (χ3v) is 2.24. The number of unbranched alkanes of at least 4 members (excludes halogenated alkanes) is 1. The summed E-state index contributed by atoms with van der Waals surface area (Å²) in [5.74, 6) is -1.38. The van der Waals surface area contributed by atoms with Gasteiger partial charge in [0.15, 0.2) is 6.10 Å². The molecule has 0 radical (unpaired) electrons. The van der Waals surface area contributed by atoms with E-state index in [4.69, 9.17) is 14.9 Å². The van der Waals surface area contributed by atoms with Gasteiger partial charge in [0.05, 0.1) is 27.6 Å². The normalized spacial score (nSPS) is 13.1. The van der Waals surface area contributed by atoms with E-state index in [1.165, 1.54) is 0 Å². The Morgan fingerprint density at radius 3 is 2.28 bits per heavy atom. The van der Waals surface area contributed by atoms with Gasteiger partial charge in [0.1, 0.15) is 6.54 Å². The van der Waals surface area contributed by atoms with Crippen LogP contribution >= 0.6 is 0 Å². The number of likely N-dealkylation sites (N-methyl/N-ethyl adjacent to an activating group) is 1. The van der Waals surface area contributed by atoms with E-state index in [-0.39, 0.29) is 19.4 Å². The number of hydrogen-bond acceptors (Lipinski definition) is 4. The maximum absolute atomic E-state index is 11.5. The van der Waals surface area contributed by atoms with Crippen molar-refractivity contribution in [1.29, 1.82) is 0 Å². The van der Waals surface area contributed by atoms with Gasteiger partial charge >= 0.3 is 11.9 Å². The van der Waals surface area contributed by atoms with E-state index in [1.807, 2.05) is 21.1 Å². The molecule has 106 valence electrons. The molecule has 18 heavy (non-hydrogen) atoms. The van der Waals surface area contributed by atoms with E-state index in [2.05, 4.69) is 0 Å². The second-order valence-corrected chi connectivity index (χ2v) is 5.36. The van der Waals surface area contributed by atoms with Gasteiger partial charge in [0.25, 0.3) is 0 Å². The van der Waals surface area contributed by atoms with Gasteiger partial charge < -0.3 is 19.4 Å². The predicted octanol–water partition coefficient (Wildman–Crippen LogP) is 0.242. The summed E-state index contributed by atoms with van der Waals surface area (Å²) in [6, 6.07) is 0. The Kier molecular flexibility index (Phi) is 7.54. The highest BCUT2D eigenvalue weighted by Crippen LogP contribution is 2.07. The van der Waals surface area contributed by atoms with E-state index in [1.54, 1.807) is 0 Å². The molecule has 0 bridgehead atoms. The molecular weight excluding hydrogens is 238 g/mol. The topological polar surface area (TPSA) is 83.8 Å². The van der Waals surface area contributed by atoms with Crippen LogP contribution in [0, 0.1) is 0 Å². The van der Waals surface area contributed by atoms with Crippen molar-refractivity contribution < 1.29 is 29.0 Å². The summed E-state index contributed by atoms with van der Waals surface area (Å²) in [7, 11) is 5.73. The second-order valence-electron chi connectivity index (χ2n) is 5.36. The monoisotopic (exact) mass is 262 g/mol. The quantitative estimate of drug-likeness (QED) is 0.353. The molecule has 1 atom stereocenters. The van der Waals surface area contributed by atoms with Crippen LogP contribution in [0.25, 0.3) is 0 Å². The lowest BCUT2D eigenvalue weighted by Gasteiger charge is -2.28. The summed E-state index contributed by atoms with van der Waals surface area (Å²) in [5.41, 5.74) is 0. The summed E-state index contributed by atoms with van der Waals surface area (Å²) in [4.78, 5) is 22.2. The van der Waals surface area contributed by atoms with E-state index in [0.717, 1.165) is 0 Å². The number of hydrogen-bond donors (Lipinski definition) is 2. The van der Waals surface area contributed by atoms with Crippen LogP contribution in [-0.2, 0) is 14.3 Å². The fourth-order valence-corrected chi connectivity index (χ4v) is 1.58. The number of nitrogens with zero attached hydrogens (tertiary/aromatic N) is 1. The lowest BCUT2D eigenvalue weighted by atomic mass is 10.2. The Bertz CT molecular complexity index is 272. The van der Waals surface area contributed by atoms with E-state index >= 15 is 0 Å². The van der Waals surface area contributed by atoms with Crippen molar-refractivity contribution in [3.8, 4) is 0 Å². The standard InChI is InChI=1S/C12H23NO5/c1-13(2,3)9-10(8-11(15)16)18-12(17)6-4-5-7-14/h10,14H,4-9H2,1-3H3/p+1/t10-/m0/s1. The van der Waals surface area contributed by atoms with Gasteiger partial charge in [0, 0.05) is 13.0 Å². The molecule has 0 aromatic carbocycles. The summed E-state index contributed by atoms with van der Waals surface area (Å²) in [5, 5.41) is 17.4. The molecular formula is C12H24NO5+. The van der Waals surface area contributed by atoms with Crippen molar-refractivity contribution in [3.05, 3.63) is 0 Å². The van der Waals surface area contributed by atoms with Crippen molar-refractivity contribution >= 4 is 11.9 Å². The van der Waals surface area contributed by atoms with Crippen LogP contribution in [-0.4, -0.2) is 67.0 Å². The molecule has 0 spiro atoms. The van der Waals surface area contributed by atoms with E-state index in [0.29, 0.717) is 23.9 Å². The number of esters is 1. The molecule has 0 saturated carbocycles. The van der Waals surface area contributed by atoms with Crippen molar-refractivity contribution in [2.45, 2.75) is 31.8 Å². The average Bonchev–Trinajstić information content (AvgIpc) is 2.13. The number of ether oxygens (including phenoxy) is 1. The first-order chi connectivity index (χ1) is 8.24. The number of aliphatic carboxylic acids is 1. The fraction of sp³-hybridized carbons (Fsp3) is 0.833. The third-order valence-electron chi connectivity index (χ3n) is 2.24. The molecule has 0 saturated heterocycles. The molecule has 0 amide bonds. The number of aliphatic hydroxyl groups is 1. The number of carbonyl (C=O) groups is 2. The largest absolute Gasteiger partial charge is 0.481 e. The Labute approximate surface area is 108 Å². The number of rotatable bonds is 9. The Morgan fingerprint density at radius 1 is 1.22 bits per heavy atom. The molecule has 0 heterocycles. The molecule has 0 aromatic heterocycles. The summed E-state index contributed by atoms with van der Waals surface area (Å²) in [6.07, 6.45) is 0.534. The van der Waals surface area contributed by atoms with Crippen molar-refractivity contribution in [2.75, 3.05) is 34.3 Å². The van der Waals surface area contributed by atoms with Crippen molar-refractivity contribution in [2.24, 2.45) is 0 Å². The summed E-state index contributed by atoms with van der Waals surface area (Å²) in [6.45, 7) is 0.503. The van der Waals surface area contributed by atoms with Crippen LogP contribution < -0.4 is 0 Å². The first-order valence-electron chi connectivity index (χ1n) is 6.07. The average molecular weight is 262 g/mol.